The number of rotatable bonds is 1. The second kappa shape index (κ2) is 3.02. The number of aromatic nitrogens is 2. The van der Waals surface area contributed by atoms with Gasteiger partial charge in [0.1, 0.15) is 5.52 Å². The third-order valence-corrected chi connectivity index (χ3v) is 1.86. The molecule has 2 aromatic rings. The van der Waals surface area contributed by atoms with Crippen LogP contribution in [0.5, 0.6) is 0 Å². The number of anilines is 1. The van der Waals surface area contributed by atoms with E-state index in [0.717, 1.165) is 4.85 Å². The second-order valence-electron chi connectivity index (χ2n) is 2.94. The molecule has 0 aliphatic heterocycles. The number of carbonyl (C=O) groups excluding carboxylic acids is 1. The average Bonchev–Trinajstić information content (AvgIpc) is 2.44. The highest BCUT2D eigenvalue weighted by Crippen LogP contribution is 2.21. The van der Waals surface area contributed by atoms with E-state index in [2.05, 4.69) is 10.4 Å². The molecule has 1 heterocycles. The van der Waals surface area contributed by atoms with E-state index in [9.17, 15) is 10.0 Å². The Balaban J connectivity index is 2.60. The monoisotopic (exact) mass is 191 g/mol. The van der Waals surface area contributed by atoms with Gasteiger partial charge in [-0.3, -0.25) is 4.79 Å². The van der Waals surface area contributed by atoms with Crippen LogP contribution in [0, 0.1) is 0 Å². The predicted octanol–water partition coefficient (Wildman–Crippen LogP) is 1.23. The van der Waals surface area contributed by atoms with E-state index >= 15 is 0 Å². The largest absolute Gasteiger partial charge is 0.411 e. The lowest BCUT2D eigenvalue weighted by molar-refractivity contribution is -0.114. The quantitative estimate of drug-likeness (QED) is 0.666. The Morgan fingerprint density at radius 1 is 1.50 bits per heavy atom. The lowest BCUT2D eigenvalue weighted by Gasteiger charge is -1.94. The van der Waals surface area contributed by atoms with Gasteiger partial charge in [-0.1, -0.05) is 17.0 Å². The van der Waals surface area contributed by atoms with Crippen LogP contribution in [0.4, 0.5) is 5.82 Å². The summed E-state index contributed by atoms with van der Waals surface area (Å²) in [6, 6.07) is 7.09. The van der Waals surface area contributed by atoms with Crippen molar-refractivity contribution in [1.82, 2.24) is 9.94 Å². The molecule has 14 heavy (non-hydrogen) atoms. The highest BCUT2D eigenvalue weighted by atomic mass is 16.5. The molecular formula is C9H9N3O2. The van der Waals surface area contributed by atoms with Crippen LogP contribution in [-0.2, 0) is 4.79 Å². The minimum Gasteiger partial charge on any atom is -0.411 e. The van der Waals surface area contributed by atoms with Gasteiger partial charge in [0.2, 0.25) is 5.91 Å². The van der Waals surface area contributed by atoms with Gasteiger partial charge in [-0.2, -0.15) is 0 Å². The molecule has 0 bridgehead atoms. The number of carbonyl (C=O) groups is 1. The zero-order valence-corrected chi connectivity index (χ0v) is 7.56. The highest BCUT2D eigenvalue weighted by molar-refractivity contribution is 5.98. The summed E-state index contributed by atoms with van der Waals surface area (Å²) in [4.78, 5) is 11.6. The van der Waals surface area contributed by atoms with Gasteiger partial charge in [-0.05, 0) is 12.1 Å². The number of hydrogen-bond acceptors (Lipinski definition) is 3. The van der Waals surface area contributed by atoms with E-state index in [4.69, 9.17) is 0 Å². The molecule has 0 saturated carbocycles. The summed E-state index contributed by atoms with van der Waals surface area (Å²) >= 11 is 0. The van der Waals surface area contributed by atoms with Crippen molar-refractivity contribution in [3.05, 3.63) is 24.3 Å². The number of nitrogens with one attached hydrogen (secondary N) is 1. The fourth-order valence-electron chi connectivity index (χ4n) is 1.31. The maximum Gasteiger partial charge on any atom is 0.222 e. The molecule has 0 spiro atoms. The molecule has 5 nitrogen and oxygen atoms in total. The second-order valence-corrected chi connectivity index (χ2v) is 2.94. The van der Waals surface area contributed by atoms with Crippen LogP contribution in [0.1, 0.15) is 6.92 Å². The SMILES string of the molecule is CC(=O)Nc1nn(O)c2ccccc12. The van der Waals surface area contributed by atoms with Crippen LogP contribution in [0.3, 0.4) is 0 Å². The van der Waals surface area contributed by atoms with Crippen molar-refractivity contribution in [1.29, 1.82) is 0 Å². The van der Waals surface area contributed by atoms with Crippen molar-refractivity contribution in [2.75, 3.05) is 5.32 Å². The van der Waals surface area contributed by atoms with Crippen molar-refractivity contribution < 1.29 is 10.0 Å². The van der Waals surface area contributed by atoms with Crippen LogP contribution in [0.25, 0.3) is 10.9 Å². The van der Waals surface area contributed by atoms with Gasteiger partial charge in [0.15, 0.2) is 5.82 Å². The normalized spacial score (nSPS) is 10.4. The van der Waals surface area contributed by atoms with Crippen LogP contribution in [-0.4, -0.2) is 21.1 Å². The molecule has 1 aromatic heterocycles. The minimum absolute atomic E-state index is 0.214. The molecular weight excluding hydrogens is 182 g/mol. The van der Waals surface area contributed by atoms with Crippen molar-refractivity contribution >= 4 is 22.6 Å². The number of nitrogens with zero attached hydrogens (tertiary/aromatic N) is 2. The summed E-state index contributed by atoms with van der Waals surface area (Å²) in [7, 11) is 0. The average molecular weight is 191 g/mol. The zero-order valence-electron chi connectivity index (χ0n) is 7.56. The van der Waals surface area contributed by atoms with Crippen LogP contribution in [0.15, 0.2) is 24.3 Å². The molecule has 0 unspecified atom stereocenters. The van der Waals surface area contributed by atoms with Gasteiger partial charge >= 0.3 is 0 Å². The molecule has 1 amide bonds. The molecule has 0 radical (unpaired) electrons. The predicted molar refractivity (Wildman–Crippen MR) is 51.2 cm³/mol. The van der Waals surface area contributed by atoms with E-state index in [1.54, 1.807) is 18.2 Å². The Morgan fingerprint density at radius 2 is 2.21 bits per heavy atom. The molecule has 0 fully saturated rings. The van der Waals surface area contributed by atoms with Gasteiger partial charge in [-0.15, -0.1) is 5.10 Å². The molecule has 0 aliphatic rings. The maximum absolute atomic E-state index is 10.8. The van der Waals surface area contributed by atoms with Crippen molar-refractivity contribution in [3.63, 3.8) is 0 Å². The van der Waals surface area contributed by atoms with Crippen LogP contribution < -0.4 is 5.32 Å². The number of fused-ring (bicyclic) bond motifs is 1. The van der Waals surface area contributed by atoms with E-state index in [1.807, 2.05) is 6.07 Å². The summed E-state index contributed by atoms with van der Waals surface area (Å²) in [6.07, 6.45) is 0. The van der Waals surface area contributed by atoms with Crippen LogP contribution in [0.2, 0.25) is 0 Å². The molecule has 1 aromatic carbocycles. The van der Waals surface area contributed by atoms with Gasteiger partial charge in [0.05, 0.1) is 0 Å². The lowest BCUT2D eigenvalue weighted by Crippen LogP contribution is -2.06. The first-order valence-electron chi connectivity index (χ1n) is 4.13. The minimum atomic E-state index is -0.214. The molecule has 0 saturated heterocycles. The summed E-state index contributed by atoms with van der Waals surface area (Å²) in [6.45, 7) is 1.39. The van der Waals surface area contributed by atoms with Crippen LogP contribution >= 0.6 is 0 Å². The number of amides is 1. The summed E-state index contributed by atoms with van der Waals surface area (Å²) in [5.41, 5.74) is 0.566. The fourth-order valence-corrected chi connectivity index (χ4v) is 1.31. The highest BCUT2D eigenvalue weighted by Gasteiger charge is 2.09. The summed E-state index contributed by atoms with van der Waals surface area (Å²) in [5.74, 6) is 0.157. The number of para-hydroxylation sites is 1. The van der Waals surface area contributed by atoms with E-state index in [-0.39, 0.29) is 5.91 Å². The first-order valence-corrected chi connectivity index (χ1v) is 4.13. The Labute approximate surface area is 79.9 Å². The molecule has 0 atom stereocenters. The van der Waals surface area contributed by atoms with Gasteiger partial charge < -0.3 is 10.5 Å². The first kappa shape index (κ1) is 8.55. The maximum atomic E-state index is 10.8. The van der Waals surface area contributed by atoms with E-state index < -0.39 is 0 Å². The molecule has 72 valence electrons. The van der Waals surface area contributed by atoms with Crippen molar-refractivity contribution in [2.24, 2.45) is 0 Å². The molecule has 5 heteroatoms. The number of benzene rings is 1. The molecule has 0 aliphatic carbocycles. The van der Waals surface area contributed by atoms with Gasteiger partial charge in [0, 0.05) is 12.3 Å². The summed E-state index contributed by atoms with van der Waals surface area (Å²) in [5, 5.41) is 16.4. The first-order chi connectivity index (χ1) is 6.68. The van der Waals surface area contributed by atoms with Crippen molar-refractivity contribution in [2.45, 2.75) is 6.92 Å². The third kappa shape index (κ3) is 1.28. The number of hydrogen-bond donors (Lipinski definition) is 2. The Bertz CT molecular complexity index is 490. The lowest BCUT2D eigenvalue weighted by atomic mass is 10.2. The standard InChI is InChI=1S/C9H9N3O2/c1-6(13)10-9-7-4-2-3-5-8(7)12(14)11-9/h2-5,14H,1H3,(H,10,11,13). The van der Waals surface area contributed by atoms with Gasteiger partial charge in [0.25, 0.3) is 0 Å². The zero-order chi connectivity index (χ0) is 10.1. The third-order valence-electron chi connectivity index (χ3n) is 1.86. The summed E-state index contributed by atoms with van der Waals surface area (Å²) < 4.78 is 0. The Hall–Kier alpha value is -2.04. The molecule has 2 N–H and O–H groups in total. The molecule has 2 rings (SSSR count). The van der Waals surface area contributed by atoms with E-state index in [0.29, 0.717) is 16.7 Å². The Morgan fingerprint density at radius 3 is 2.93 bits per heavy atom. The smallest absolute Gasteiger partial charge is 0.222 e. The Kier molecular flexibility index (Phi) is 1.85. The van der Waals surface area contributed by atoms with Crippen molar-refractivity contribution in [3.8, 4) is 0 Å². The van der Waals surface area contributed by atoms with E-state index in [1.165, 1.54) is 6.92 Å². The van der Waals surface area contributed by atoms with Gasteiger partial charge in [-0.25, -0.2) is 0 Å². The fraction of sp³-hybridized carbons (Fsp3) is 0.111. The topological polar surface area (TPSA) is 67.2 Å².